The van der Waals surface area contributed by atoms with E-state index in [4.69, 9.17) is 15.7 Å². The molecule has 1 aliphatic heterocycles. The Morgan fingerprint density at radius 1 is 1.55 bits per heavy atom. The third-order valence-electron chi connectivity index (χ3n) is 2.99. The summed E-state index contributed by atoms with van der Waals surface area (Å²) < 4.78 is 18.2. The summed E-state index contributed by atoms with van der Waals surface area (Å²) in [6.07, 6.45) is -0.708. The number of nitrogens with zero attached hydrogens (tertiary/aromatic N) is 2. The van der Waals surface area contributed by atoms with Crippen LogP contribution in [0, 0.1) is 5.82 Å². The lowest BCUT2D eigenvalue weighted by atomic mass is 10.1. The molecule has 20 heavy (non-hydrogen) atoms. The molecule has 1 amide bonds. The number of nitrogens with two attached hydrogens (primary N) is 1. The number of halogens is 1. The highest BCUT2D eigenvalue weighted by molar-refractivity contribution is 5.97. The highest BCUT2D eigenvalue weighted by Gasteiger charge is 2.28. The van der Waals surface area contributed by atoms with Gasteiger partial charge in [-0.3, -0.25) is 4.79 Å². The number of rotatable bonds is 2. The van der Waals surface area contributed by atoms with Crippen LogP contribution in [0.15, 0.2) is 23.4 Å². The van der Waals surface area contributed by atoms with Gasteiger partial charge >= 0.3 is 0 Å². The number of hydrogen-bond donors (Lipinski definition) is 3. The lowest BCUT2D eigenvalue weighted by Gasteiger charge is -2.32. The molecule has 1 saturated heterocycles. The normalized spacial score (nSPS) is 19.9. The van der Waals surface area contributed by atoms with Gasteiger partial charge in [0.2, 0.25) is 0 Å². The van der Waals surface area contributed by atoms with Crippen LogP contribution in [0.4, 0.5) is 4.39 Å². The number of phenolic OH excluding ortho intramolecular Hbond substituents is 1. The Morgan fingerprint density at radius 3 is 2.95 bits per heavy atom. The molecule has 7 nitrogen and oxygen atoms in total. The van der Waals surface area contributed by atoms with Gasteiger partial charge in [0.25, 0.3) is 5.91 Å². The largest absolute Gasteiger partial charge is 0.507 e. The highest BCUT2D eigenvalue weighted by Crippen LogP contribution is 2.21. The number of carbonyl (C=O) groups excluding carboxylic acids is 1. The zero-order chi connectivity index (χ0) is 14.7. The molecular weight excluding hydrogens is 269 g/mol. The van der Waals surface area contributed by atoms with Crippen molar-refractivity contribution in [3.8, 4) is 5.75 Å². The van der Waals surface area contributed by atoms with Crippen LogP contribution in [0.5, 0.6) is 5.75 Å². The summed E-state index contributed by atoms with van der Waals surface area (Å²) in [6, 6.07) is 3.17. The van der Waals surface area contributed by atoms with Crippen molar-refractivity contribution in [3.63, 3.8) is 0 Å². The Hall–Kier alpha value is -2.35. The molecule has 0 aliphatic carbocycles. The van der Waals surface area contributed by atoms with Gasteiger partial charge < -0.3 is 25.7 Å². The van der Waals surface area contributed by atoms with Gasteiger partial charge in [-0.2, -0.15) is 0 Å². The van der Waals surface area contributed by atoms with Gasteiger partial charge in [-0.25, -0.2) is 4.39 Å². The summed E-state index contributed by atoms with van der Waals surface area (Å²) in [4.78, 5) is 13.6. The molecule has 1 aromatic rings. The molecule has 1 aromatic carbocycles. The van der Waals surface area contributed by atoms with Crippen LogP contribution in [0.2, 0.25) is 0 Å². The van der Waals surface area contributed by atoms with E-state index in [1.807, 2.05) is 0 Å². The van der Waals surface area contributed by atoms with Crippen molar-refractivity contribution in [1.29, 1.82) is 0 Å². The quantitative estimate of drug-likeness (QED) is 0.309. The summed E-state index contributed by atoms with van der Waals surface area (Å²) in [7, 11) is 0. The van der Waals surface area contributed by atoms with E-state index in [0.29, 0.717) is 6.54 Å². The fourth-order valence-corrected chi connectivity index (χ4v) is 1.93. The molecule has 0 saturated carbocycles. The predicted molar refractivity (Wildman–Crippen MR) is 67.1 cm³/mol. The standard InChI is InChI=1S/C12H14FN3O4/c13-7-1-2-8(9(17)5-7)12(18)16-3-4-20-10(6-16)11(14)15-19/h1-2,5,10,17,19H,3-4,6H2,(H2,14,15). The summed E-state index contributed by atoms with van der Waals surface area (Å²) in [5.74, 6) is -1.66. The number of oxime groups is 1. The molecule has 1 aliphatic rings. The summed E-state index contributed by atoms with van der Waals surface area (Å²) in [5, 5.41) is 21.0. The number of phenols is 1. The van der Waals surface area contributed by atoms with E-state index in [1.165, 1.54) is 11.0 Å². The first kappa shape index (κ1) is 14.1. The summed E-state index contributed by atoms with van der Waals surface area (Å²) in [6.45, 7) is 0.602. The topological polar surface area (TPSA) is 108 Å². The van der Waals surface area contributed by atoms with Crippen molar-refractivity contribution in [2.24, 2.45) is 10.9 Å². The Balaban J connectivity index is 2.16. The number of hydrogen-bond acceptors (Lipinski definition) is 5. The summed E-state index contributed by atoms with van der Waals surface area (Å²) >= 11 is 0. The van der Waals surface area contributed by atoms with E-state index in [1.54, 1.807) is 0 Å². The fourth-order valence-electron chi connectivity index (χ4n) is 1.93. The van der Waals surface area contributed by atoms with Crippen molar-refractivity contribution in [2.45, 2.75) is 6.10 Å². The summed E-state index contributed by atoms with van der Waals surface area (Å²) in [5.41, 5.74) is 5.43. The zero-order valence-electron chi connectivity index (χ0n) is 10.5. The van der Waals surface area contributed by atoms with Gasteiger partial charge in [0.05, 0.1) is 18.7 Å². The zero-order valence-corrected chi connectivity index (χ0v) is 10.5. The smallest absolute Gasteiger partial charge is 0.257 e. The van der Waals surface area contributed by atoms with E-state index in [9.17, 15) is 14.3 Å². The molecule has 0 bridgehead atoms. The number of benzene rings is 1. The molecule has 4 N–H and O–H groups in total. The molecule has 1 unspecified atom stereocenters. The van der Waals surface area contributed by atoms with Crippen LogP contribution < -0.4 is 5.73 Å². The van der Waals surface area contributed by atoms with Gasteiger partial charge in [0.1, 0.15) is 17.7 Å². The highest BCUT2D eigenvalue weighted by atomic mass is 19.1. The van der Waals surface area contributed by atoms with Crippen molar-refractivity contribution >= 4 is 11.7 Å². The van der Waals surface area contributed by atoms with Crippen molar-refractivity contribution < 1.29 is 24.2 Å². The number of amides is 1. The van der Waals surface area contributed by atoms with E-state index in [-0.39, 0.29) is 24.6 Å². The maximum absolute atomic E-state index is 12.9. The number of morpholine rings is 1. The van der Waals surface area contributed by atoms with E-state index >= 15 is 0 Å². The van der Waals surface area contributed by atoms with Crippen molar-refractivity contribution in [3.05, 3.63) is 29.6 Å². The first-order valence-corrected chi connectivity index (χ1v) is 5.89. The van der Waals surface area contributed by atoms with Crippen molar-refractivity contribution in [1.82, 2.24) is 4.90 Å². The fraction of sp³-hybridized carbons (Fsp3) is 0.333. The average Bonchev–Trinajstić information content (AvgIpc) is 2.46. The van der Waals surface area contributed by atoms with Crippen LogP contribution in [0.1, 0.15) is 10.4 Å². The molecule has 108 valence electrons. The monoisotopic (exact) mass is 283 g/mol. The van der Waals surface area contributed by atoms with Crippen LogP contribution in [-0.2, 0) is 4.74 Å². The maximum Gasteiger partial charge on any atom is 0.257 e. The second-order valence-electron chi connectivity index (χ2n) is 4.30. The van der Waals surface area contributed by atoms with Gasteiger partial charge in [0, 0.05) is 12.6 Å². The Morgan fingerprint density at radius 2 is 2.30 bits per heavy atom. The minimum Gasteiger partial charge on any atom is -0.507 e. The minimum atomic E-state index is -0.708. The SMILES string of the molecule is N/C(=N/O)C1CN(C(=O)c2ccc(F)cc2O)CCO1. The van der Waals surface area contributed by atoms with Gasteiger partial charge in [-0.05, 0) is 12.1 Å². The number of ether oxygens (including phenoxy) is 1. The molecule has 1 heterocycles. The Kier molecular flexibility index (Phi) is 4.04. The third-order valence-corrected chi connectivity index (χ3v) is 2.99. The van der Waals surface area contributed by atoms with Crippen LogP contribution in [0.3, 0.4) is 0 Å². The van der Waals surface area contributed by atoms with Crippen LogP contribution >= 0.6 is 0 Å². The second-order valence-corrected chi connectivity index (χ2v) is 4.30. The Labute approximate surface area is 114 Å². The maximum atomic E-state index is 12.9. The molecule has 1 atom stereocenters. The minimum absolute atomic E-state index is 0.00782. The first-order chi connectivity index (χ1) is 9.52. The van der Waals surface area contributed by atoms with Crippen LogP contribution in [-0.4, -0.2) is 52.8 Å². The predicted octanol–water partition coefficient (Wildman–Crippen LogP) is 0.119. The molecule has 0 spiro atoms. The number of aromatic hydroxyl groups is 1. The van der Waals surface area contributed by atoms with Crippen LogP contribution in [0.25, 0.3) is 0 Å². The molecule has 1 fully saturated rings. The average molecular weight is 283 g/mol. The molecule has 2 rings (SSSR count). The van der Waals surface area contributed by atoms with E-state index < -0.39 is 23.6 Å². The number of amidine groups is 1. The van der Waals surface area contributed by atoms with Gasteiger partial charge in [-0.15, -0.1) is 0 Å². The second kappa shape index (κ2) is 5.74. The Bertz CT molecular complexity index is 550. The van der Waals surface area contributed by atoms with E-state index in [2.05, 4.69) is 5.16 Å². The van der Waals surface area contributed by atoms with Gasteiger partial charge in [-0.1, -0.05) is 5.16 Å². The lowest BCUT2D eigenvalue weighted by Crippen LogP contribution is -2.50. The number of carbonyl (C=O) groups is 1. The molecular formula is C12H14FN3O4. The first-order valence-electron chi connectivity index (χ1n) is 5.89. The lowest BCUT2D eigenvalue weighted by molar-refractivity contribution is 0.00662. The van der Waals surface area contributed by atoms with E-state index in [0.717, 1.165) is 12.1 Å². The molecule has 0 radical (unpaired) electrons. The third kappa shape index (κ3) is 2.80. The van der Waals surface area contributed by atoms with Crippen molar-refractivity contribution in [2.75, 3.05) is 19.7 Å². The molecule has 0 aromatic heterocycles. The van der Waals surface area contributed by atoms with Gasteiger partial charge in [0.15, 0.2) is 5.84 Å². The molecule has 8 heteroatoms.